The van der Waals surface area contributed by atoms with Gasteiger partial charge in [-0.05, 0) is 43.3 Å². The average Bonchev–Trinajstić information content (AvgIpc) is 3.02. The van der Waals surface area contributed by atoms with Gasteiger partial charge in [0.25, 0.3) is 0 Å². The number of aromatic nitrogens is 1. The van der Waals surface area contributed by atoms with Crippen LogP contribution in [-0.2, 0) is 0 Å². The molecular weight excluding hydrogens is 379 g/mol. The molecule has 1 heterocycles. The largest absolute Gasteiger partial charge is 0.573 e. The van der Waals surface area contributed by atoms with Gasteiger partial charge >= 0.3 is 12.4 Å². The summed E-state index contributed by atoms with van der Waals surface area (Å²) in [7, 11) is 0. The fourth-order valence-electron chi connectivity index (χ4n) is 2.25. The van der Waals surface area contributed by atoms with Crippen LogP contribution in [0.15, 0.2) is 53.9 Å². The smallest absolute Gasteiger partial charge is 0.406 e. The number of amides is 2. The predicted molar refractivity (Wildman–Crippen MR) is 98.1 cm³/mol. The number of thiazole rings is 1. The lowest BCUT2D eigenvalue weighted by Crippen LogP contribution is -2.19. The lowest BCUT2D eigenvalue weighted by molar-refractivity contribution is -0.274. The summed E-state index contributed by atoms with van der Waals surface area (Å²) in [4.78, 5) is 16.4. The molecule has 2 N–H and O–H groups in total. The molecule has 0 radical (unpaired) electrons. The molecule has 0 spiro atoms. The molecule has 0 fully saturated rings. The van der Waals surface area contributed by atoms with E-state index < -0.39 is 12.4 Å². The predicted octanol–water partition coefficient (Wildman–Crippen LogP) is 5.66. The number of urea groups is 1. The average molecular weight is 393 g/mol. The van der Waals surface area contributed by atoms with Crippen LogP contribution in [0.3, 0.4) is 0 Å². The molecule has 0 aliphatic heterocycles. The van der Waals surface area contributed by atoms with Crippen LogP contribution < -0.4 is 15.4 Å². The molecule has 3 rings (SSSR count). The lowest BCUT2D eigenvalue weighted by atomic mass is 10.1. The Labute approximate surface area is 156 Å². The third-order valence-corrected chi connectivity index (χ3v) is 4.18. The van der Waals surface area contributed by atoms with E-state index in [1.807, 2.05) is 24.4 Å². The summed E-state index contributed by atoms with van der Waals surface area (Å²) in [5.74, 6) is -0.360. The van der Waals surface area contributed by atoms with Gasteiger partial charge in [-0.1, -0.05) is 12.1 Å². The van der Waals surface area contributed by atoms with E-state index in [1.54, 1.807) is 23.5 Å². The van der Waals surface area contributed by atoms with Crippen LogP contribution in [-0.4, -0.2) is 17.4 Å². The number of halogens is 3. The van der Waals surface area contributed by atoms with E-state index in [0.717, 1.165) is 28.4 Å². The summed E-state index contributed by atoms with van der Waals surface area (Å²) < 4.78 is 40.2. The number of ether oxygens (including phenoxy) is 1. The zero-order valence-electron chi connectivity index (χ0n) is 14.0. The number of rotatable bonds is 4. The molecule has 9 heteroatoms. The number of anilines is 2. The number of nitrogens with zero attached hydrogens (tertiary/aromatic N) is 1. The Morgan fingerprint density at radius 3 is 2.04 bits per heavy atom. The van der Waals surface area contributed by atoms with Gasteiger partial charge < -0.3 is 15.4 Å². The zero-order valence-corrected chi connectivity index (χ0v) is 14.8. The highest BCUT2D eigenvalue weighted by molar-refractivity contribution is 7.09. The summed E-state index contributed by atoms with van der Waals surface area (Å²) >= 11 is 1.56. The first-order valence-corrected chi connectivity index (χ1v) is 8.63. The Balaban J connectivity index is 1.57. The molecule has 0 aliphatic carbocycles. The lowest BCUT2D eigenvalue weighted by Gasteiger charge is -2.10. The van der Waals surface area contributed by atoms with Crippen molar-refractivity contribution >= 4 is 28.7 Å². The molecule has 0 atom stereocenters. The molecule has 27 heavy (non-hydrogen) atoms. The number of hydrogen-bond donors (Lipinski definition) is 2. The summed E-state index contributed by atoms with van der Waals surface area (Å²) in [5, 5.41) is 8.11. The van der Waals surface area contributed by atoms with Crippen molar-refractivity contribution in [3.05, 3.63) is 58.9 Å². The highest BCUT2D eigenvalue weighted by Gasteiger charge is 2.30. The highest BCUT2D eigenvalue weighted by Crippen LogP contribution is 2.25. The maximum atomic E-state index is 12.1. The number of nitrogens with one attached hydrogen (secondary N) is 2. The second-order valence-electron chi connectivity index (χ2n) is 5.48. The van der Waals surface area contributed by atoms with Crippen molar-refractivity contribution in [2.75, 3.05) is 10.6 Å². The van der Waals surface area contributed by atoms with E-state index in [1.165, 1.54) is 12.1 Å². The van der Waals surface area contributed by atoms with E-state index in [-0.39, 0.29) is 5.75 Å². The van der Waals surface area contributed by atoms with Crippen LogP contribution in [0, 0.1) is 6.92 Å². The fraction of sp³-hybridized carbons (Fsp3) is 0.111. The van der Waals surface area contributed by atoms with Crippen LogP contribution in [0.2, 0.25) is 0 Å². The van der Waals surface area contributed by atoms with Crippen LogP contribution in [0.1, 0.15) is 5.01 Å². The standard InChI is InChI=1S/C18H14F3N3O2S/c1-11-22-16(10-27-11)12-2-4-13(5-3-12)23-17(25)24-14-6-8-15(9-7-14)26-18(19,20)21/h2-10H,1H3,(H2,23,24,25). The summed E-state index contributed by atoms with van der Waals surface area (Å²) in [6, 6.07) is 11.5. The van der Waals surface area contributed by atoms with Gasteiger partial charge in [-0.3, -0.25) is 0 Å². The first-order chi connectivity index (χ1) is 12.8. The Hall–Kier alpha value is -3.07. The van der Waals surface area contributed by atoms with Crippen molar-refractivity contribution in [2.45, 2.75) is 13.3 Å². The van der Waals surface area contributed by atoms with Crippen molar-refractivity contribution < 1.29 is 22.7 Å². The number of carbonyl (C=O) groups is 1. The maximum absolute atomic E-state index is 12.1. The number of alkyl halides is 3. The van der Waals surface area contributed by atoms with Crippen molar-refractivity contribution in [1.29, 1.82) is 0 Å². The van der Waals surface area contributed by atoms with E-state index in [4.69, 9.17) is 0 Å². The molecule has 0 saturated heterocycles. The molecule has 2 amide bonds. The normalized spacial score (nSPS) is 11.1. The molecule has 140 valence electrons. The Bertz CT molecular complexity index is 922. The number of benzene rings is 2. The van der Waals surface area contributed by atoms with Gasteiger partial charge in [0.1, 0.15) is 5.75 Å². The Morgan fingerprint density at radius 2 is 1.56 bits per heavy atom. The fourth-order valence-corrected chi connectivity index (χ4v) is 2.88. The summed E-state index contributed by atoms with van der Waals surface area (Å²) in [6.07, 6.45) is -4.75. The minimum atomic E-state index is -4.75. The maximum Gasteiger partial charge on any atom is 0.573 e. The van der Waals surface area contributed by atoms with Crippen molar-refractivity contribution in [1.82, 2.24) is 4.98 Å². The number of carbonyl (C=O) groups excluding carboxylic acids is 1. The van der Waals surface area contributed by atoms with E-state index in [0.29, 0.717) is 11.4 Å². The SMILES string of the molecule is Cc1nc(-c2ccc(NC(=O)Nc3ccc(OC(F)(F)F)cc3)cc2)cs1. The molecule has 1 aromatic heterocycles. The van der Waals surface area contributed by atoms with Gasteiger partial charge in [-0.2, -0.15) is 0 Å². The Morgan fingerprint density at radius 1 is 1.00 bits per heavy atom. The molecule has 0 unspecified atom stereocenters. The molecule has 5 nitrogen and oxygen atoms in total. The zero-order chi connectivity index (χ0) is 19.4. The van der Waals surface area contributed by atoms with Crippen molar-refractivity contribution in [3.63, 3.8) is 0 Å². The quantitative estimate of drug-likeness (QED) is 0.601. The topological polar surface area (TPSA) is 63.2 Å². The van der Waals surface area contributed by atoms with Gasteiger partial charge in [0.2, 0.25) is 0 Å². The van der Waals surface area contributed by atoms with Gasteiger partial charge in [-0.25, -0.2) is 9.78 Å². The first-order valence-electron chi connectivity index (χ1n) is 7.75. The van der Waals surface area contributed by atoms with Crippen molar-refractivity contribution in [2.24, 2.45) is 0 Å². The van der Waals surface area contributed by atoms with E-state index in [2.05, 4.69) is 20.4 Å². The van der Waals surface area contributed by atoms with Crippen LogP contribution >= 0.6 is 11.3 Å². The highest BCUT2D eigenvalue weighted by atomic mass is 32.1. The summed E-state index contributed by atoms with van der Waals surface area (Å²) in [6.45, 7) is 1.93. The van der Waals surface area contributed by atoms with Gasteiger partial charge in [-0.15, -0.1) is 24.5 Å². The molecule has 2 aromatic carbocycles. The van der Waals surface area contributed by atoms with Crippen LogP contribution in [0.5, 0.6) is 5.75 Å². The van der Waals surface area contributed by atoms with E-state index >= 15 is 0 Å². The van der Waals surface area contributed by atoms with Gasteiger partial charge in [0.15, 0.2) is 0 Å². The Kier molecular flexibility index (Phi) is 5.31. The third-order valence-electron chi connectivity index (χ3n) is 3.40. The minimum absolute atomic E-state index is 0.330. The second kappa shape index (κ2) is 7.67. The van der Waals surface area contributed by atoms with Gasteiger partial charge in [0.05, 0.1) is 10.7 Å². The minimum Gasteiger partial charge on any atom is -0.406 e. The van der Waals surface area contributed by atoms with E-state index in [9.17, 15) is 18.0 Å². The molecular formula is C18H14F3N3O2S. The number of hydrogen-bond acceptors (Lipinski definition) is 4. The third kappa shape index (κ3) is 5.45. The van der Waals surface area contributed by atoms with Crippen LogP contribution in [0.4, 0.5) is 29.3 Å². The molecule has 0 bridgehead atoms. The first kappa shape index (κ1) is 18.7. The number of aryl methyl sites for hydroxylation is 1. The molecule has 0 aliphatic rings. The van der Waals surface area contributed by atoms with Crippen LogP contribution in [0.25, 0.3) is 11.3 Å². The second-order valence-corrected chi connectivity index (χ2v) is 6.54. The van der Waals surface area contributed by atoms with Gasteiger partial charge in [0, 0.05) is 22.3 Å². The summed E-state index contributed by atoms with van der Waals surface area (Å²) in [5.41, 5.74) is 2.71. The molecule has 0 saturated carbocycles. The van der Waals surface area contributed by atoms with Crippen molar-refractivity contribution in [3.8, 4) is 17.0 Å². The monoisotopic (exact) mass is 393 g/mol. The molecule has 3 aromatic rings.